The lowest BCUT2D eigenvalue weighted by molar-refractivity contribution is -0.129. The molecule has 6 nitrogen and oxygen atoms in total. The number of amides is 2. The van der Waals surface area contributed by atoms with Crippen LogP contribution >= 0.6 is 0 Å². The number of anilines is 1. The molecule has 1 saturated heterocycles. The minimum absolute atomic E-state index is 0.0688. The molecule has 0 saturated carbocycles. The van der Waals surface area contributed by atoms with Gasteiger partial charge in [-0.3, -0.25) is 9.59 Å². The normalized spacial score (nSPS) is 17.3. The molecule has 0 aromatic carbocycles. The van der Waals surface area contributed by atoms with Crippen molar-refractivity contribution in [3.8, 4) is 0 Å². The molecule has 1 aromatic rings. The minimum atomic E-state index is -0.106. The van der Waals surface area contributed by atoms with Crippen LogP contribution in [0.2, 0.25) is 0 Å². The summed E-state index contributed by atoms with van der Waals surface area (Å²) in [6.45, 7) is 5.86. The van der Waals surface area contributed by atoms with Gasteiger partial charge in [-0.1, -0.05) is 6.92 Å². The second kappa shape index (κ2) is 8.83. The largest absolute Gasteiger partial charge is 0.354 e. The lowest BCUT2D eigenvalue weighted by Crippen LogP contribution is -2.41. The summed E-state index contributed by atoms with van der Waals surface area (Å²) in [4.78, 5) is 34.8. The molecule has 1 unspecified atom stereocenters. The van der Waals surface area contributed by atoms with E-state index in [2.05, 4.69) is 16.8 Å². The van der Waals surface area contributed by atoms with Crippen LogP contribution in [0.1, 0.15) is 49.9 Å². The maximum atomic E-state index is 12.9. The molecule has 25 heavy (non-hydrogen) atoms. The van der Waals surface area contributed by atoms with E-state index in [4.69, 9.17) is 0 Å². The zero-order valence-corrected chi connectivity index (χ0v) is 15.9. The third-order valence-corrected chi connectivity index (χ3v) is 4.70. The van der Waals surface area contributed by atoms with Crippen LogP contribution < -0.4 is 4.90 Å². The highest BCUT2D eigenvalue weighted by Crippen LogP contribution is 2.23. The topological polar surface area (TPSA) is 56.8 Å². The van der Waals surface area contributed by atoms with Crippen LogP contribution in [0.15, 0.2) is 18.3 Å². The Bertz CT molecular complexity index is 603. The smallest absolute Gasteiger partial charge is 0.254 e. The Hall–Kier alpha value is -2.11. The van der Waals surface area contributed by atoms with Crippen molar-refractivity contribution in [1.29, 1.82) is 0 Å². The number of aromatic nitrogens is 1. The van der Waals surface area contributed by atoms with E-state index in [1.165, 1.54) is 11.3 Å². The van der Waals surface area contributed by atoms with Crippen LogP contribution in [-0.4, -0.2) is 66.4 Å². The highest BCUT2D eigenvalue weighted by Gasteiger charge is 2.23. The molecular weight excluding hydrogens is 316 g/mol. The van der Waals surface area contributed by atoms with E-state index in [9.17, 15) is 9.59 Å². The average Bonchev–Trinajstić information content (AvgIpc) is 2.61. The molecular formula is C19H30N4O2. The fraction of sp³-hybridized carbons (Fsp3) is 0.632. The molecule has 0 bridgehead atoms. The molecule has 6 heteroatoms. The van der Waals surface area contributed by atoms with E-state index >= 15 is 0 Å². The van der Waals surface area contributed by atoms with Gasteiger partial charge in [0.1, 0.15) is 12.4 Å². The van der Waals surface area contributed by atoms with E-state index in [0.717, 1.165) is 31.6 Å². The number of carbonyl (C=O) groups excluding carboxylic acids is 2. The van der Waals surface area contributed by atoms with Gasteiger partial charge in [-0.2, -0.15) is 0 Å². The minimum Gasteiger partial charge on any atom is -0.354 e. The summed E-state index contributed by atoms with van der Waals surface area (Å²) in [5, 5.41) is 0. The third kappa shape index (κ3) is 4.94. The molecule has 0 N–H and O–H groups in total. The first-order valence-corrected chi connectivity index (χ1v) is 9.16. The monoisotopic (exact) mass is 346 g/mol. The zero-order valence-electron chi connectivity index (χ0n) is 15.9. The second-order valence-corrected chi connectivity index (χ2v) is 6.96. The lowest BCUT2D eigenvalue weighted by Gasteiger charge is -2.34. The molecule has 1 aromatic heterocycles. The summed E-state index contributed by atoms with van der Waals surface area (Å²) in [6.07, 6.45) is 6.06. The van der Waals surface area contributed by atoms with E-state index in [-0.39, 0.29) is 18.4 Å². The predicted octanol–water partition coefficient (Wildman–Crippen LogP) is 2.40. The van der Waals surface area contributed by atoms with Crippen molar-refractivity contribution in [2.45, 2.75) is 45.6 Å². The van der Waals surface area contributed by atoms with Crippen LogP contribution in [0.5, 0.6) is 0 Å². The van der Waals surface area contributed by atoms with Crippen molar-refractivity contribution in [3.63, 3.8) is 0 Å². The Morgan fingerprint density at radius 3 is 2.72 bits per heavy atom. The van der Waals surface area contributed by atoms with Crippen molar-refractivity contribution in [2.75, 3.05) is 38.6 Å². The highest BCUT2D eigenvalue weighted by atomic mass is 16.2. The van der Waals surface area contributed by atoms with Gasteiger partial charge in [-0.25, -0.2) is 4.98 Å². The molecule has 0 spiro atoms. The number of hydrogen-bond acceptors (Lipinski definition) is 4. The number of nitrogens with zero attached hydrogens (tertiary/aromatic N) is 4. The van der Waals surface area contributed by atoms with E-state index in [1.54, 1.807) is 31.3 Å². The predicted molar refractivity (Wildman–Crippen MR) is 99.8 cm³/mol. The van der Waals surface area contributed by atoms with Gasteiger partial charge in [0.15, 0.2) is 0 Å². The molecule has 1 aliphatic heterocycles. The quantitative estimate of drug-likeness (QED) is 0.794. The average molecular weight is 346 g/mol. The maximum absolute atomic E-state index is 12.9. The summed E-state index contributed by atoms with van der Waals surface area (Å²) < 4.78 is 0. The van der Waals surface area contributed by atoms with E-state index in [0.29, 0.717) is 18.2 Å². The van der Waals surface area contributed by atoms with Crippen LogP contribution in [-0.2, 0) is 4.79 Å². The molecule has 0 aliphatic carbocycles. The summed E-state index contributed by atoms with van der Waals surface area (Å²) in [5.74, 6) is 0.680. The number of likely N-dealkylation sites (N-methyl/N-ethyl adjacent to an activating group) is 1. The summed E-state index contributed by atoms with van der Waals surface area (Å²) in [6, 6.07) is 4.05. The van der Waals surface area contributed by atoms with E-state index in [1.807, 2.05) is 13.0 Å². The van der Waals surface area contributed by atoms with Crippen molar-refractivity contribution >= 4 is 17.6 Å². The van der Waals surface area contributed by atoms with Crippen molar-refractivity contribution in [3.05, 3.63) is 23.9 Å². The van der Waals surface area contributed by atoms with Gasteiger partial charge in [-0.05, 0) is 44.7 Å². The van der Waals surface area contributed by atoms with Crippen LogP contribution in [0.3, 0.4) is 0 Å². The summed E-state index contributed by atoms with van der Waals surface area (Å²) in [7, 11) is 3.42. The zero-order chi connectivity index (χ0) is 18.4. The molecule has 1 fully saturated rings. The SMILES string of the molecule is CCCN(CC(=O)N(C)C)C(=O)c1ccnc(N2CCCCC2C)c1. The Labute approximate surface area is 150 Å². The van der Waals surface area contributed by atoms with Gasteiger partial charge in [0.25, 0.3) is 5.91 Å². The molecule has 1 atom stereocenters. The number of carbonyl (C=O) groups is 2. The van der Waals surface area contributed by atoms with Crippen LogP contribution in [0.25, 0.3) is 0 Å². The van der Waals surface area contributed by atoms with Crippen LogP contribution in [0, 0.1) is 0 Å². The van der Waals surface area contributed by atoms with Crippen molar-refractivity contribution in [1.82, 2.24) is 14.8 Å². The second-order valence-electron chi connectivity index (χ2n) is 6.96. The number of pyridine rings is 1. The highest BCUT2D eigenvalue weighted by molar-refractivity contribution is 5.97. The first-order valence-electron chi connectivity index (χ1n) is 9.16. The first kappa shape index (κ1) is 19.2. The standard InChI is InChI=1S/C19H30N4O2/c1-5-11-22(14-18(24)21(3)4)19(25)16-9-10-20-17(13-16)23-12-7-6-8-15(23)2/h9-10,13,15H,5-8,11-12,14H2,1-4H3. The molecule has 1 aliphatic rings. The van der Waals surface area contributed by atoms with E-state index < -0.39 is 0 Å². The fourth-order valence-electron chi connectivity index (χ4n) is 3.16. The Kier molecular flexibility index (Phi) is 6.79. The van der Waals surface area contributed by atoms with Gasteiger partial charge in [0, 0.05) is 45.0 Å². The van der Waals surface area contributed by atoms with Gasteiger partial charge in [0.2, 0.25) is 5.91 Å². The maximum Gasteiger partial charge on any atom is 0.254 e. The molecule has 2 amide bonds. The number of hydrogen-bond donors (Lipinski definition) is 0. The summed E-state index contributed by atoms with van der Waals surface area (Å²) in [5.41, 5.74) is 0.600. The van der Waals surface area contributed by atoms with Crippen molar-refractivity contribution in [2.24, 2.45) is 0 Å². The lowest BCUT2D eigenvalue weighted by atomic mass is 10.0. The Balaban J connectivity index is 2.19. The van der Waals surface area contributed by atoms with Gasteiger partial charge in [-0.15, -0.1) is 0 Å². The molecule has 0 radical (unpaired) electrons. The van der Waals surface area contributed by atoms with Gasteiger partial charge in [0.05, 0.1) is 0 Å². The molecule has 2 rings (SSSR count). The number of piperidine rings is 1. The Morgan fingerprint density at radius 2 is 2.08 bits per heavy atom. The van der Waals surface area contributed by atoms with Gasteiger partial charge < -0.3 is 14.7 Å². The van der Waals surface area contributed by atoms with Crippen LogP contribution in [0.4, 0.5) is 5.82 Å². The molecule has 2 heterocycles. The third-order valence-electron chi connectivity index (χ3n) is 4.70. The fourth-order valence-corrected chi connectivity index (χ4v) is 3.16. The van der Waals surface area contributed by atoms with Gasteiger partial charge >= 0.3 is 0 Å². The van der Waals surface area contributed by atoms with Crippen molar-refractivity contribution < 1.29 is 9.59 Å². The number of rotatable bonds is 6. The molecule has 138 valence electrons. The Morgan fingerprint density at radius 1 is 1.32 bits per heavy atom. The first-order chi connectivity index (χ1) is 11.9. The summed E-state index contributed by atoms with van der Waals surface area (Å²) >= 11 is 0.